The molecule has 0 saturated carbocycles. The number of ether oxygens (including phenoxy) is 2. The number of amides is 1. The highest BCUT2D eigenvalue weighted by Crippen LogP contribution is 2.32. The molecule has 4 rings (SSSR count). The molecule has 2 aromatic rings. The first kappa shape index (κ1) is 22.9. The van der Waals surface area contributed by atoms with E-state index < -0.39 is 0 Å². The van der Waals surface area contributed by atoms with Gasteiger partial charge < -0.3 is 14.4 Å². The van der Waals surface area contributed by atoms with Crippen LogP contribution in [0, 0.1) is 0 Å². The highest BCUT2D eigenvalue weighted by atomic mass is 16.5. The predicted octanol–water partition coefficient (Wildman–Crippen LogP) is 3.03. The monoisotopic (exact) mass is 437 g/mol. The van der Waals surface area contributed by atoms with Gasteiger partial charge >= 0.3 is 0 Å². The topological polar surface area (TPSA) is 45.2 Å². The molecule has 0 bridgehead atoms. The summed E-state index contributed by atoms with van der Waals surface area (Å²) in [5, 5.41) is 0. The largest absolute Gasteiger partial charge is 0.381 e. The molecule has 0 unspecified atom stereocenters. The van der Waals surface area contributed by atoms with Gasteiger partial charge in [-0.3, -0.25) is 14.6 Å². The lowest BCUT2D eigenvalue weighted by Crippen LogP contribution is -2.63. The van der Waals surface area contributed by atoms with E-state index in [1.807, 2.05) is 35.2 Å². The van der Waals surface area contributed by atoms with E-state index in [0.717, 1.165) is 64.5 Å². The summed E-state index contributed by atoms with van der Waals surface area (Å²) in [6.45, 7) is 7.32. The molecule has 6 heteroatoms. The molecule has 1 amide bonds. The summed E-state index contributed by atoms with van der Waals surface area (Å²) in [7, 11) is 1.58. The first-order valence-corrected chi connectivity index (χ1v) is 11.6. The maximum atomic E-state index is 13.0. The summed E-state index contributed by atoms with van der Waals surface area (Å²) >= 11 is 0. The molecule has 2 aromatic carbocycles. The van der Waals surface area contributed by atoms with Gasteiger partial charge in [0.1, 0.15) is 6.61 Å². The van der Waals surface area contributed by atoms with Crippen molar-refractivity contribution in [3.63, 3.8) is 0 Å². The molecule has 0 aliphatic carbocycles. The third kappa shape index (κ3) is 5.56. The van der Waals surface area contributed by atoms with E-state index >= 15 is 0 Å². The van der Waals surface area contributed by atoms with Gasteiger partial charge in [0.2, 0.25) is 0 Å². The van der Waals surface area contributed by atoms with Crippen LogP contribution in [-0.4, -0.2) is 80.9 Å². The minimum atomic E-state index is -0.0731. The minimum absolute atomic E-state index is 0.00674. The molecule has 2 heterocycles. The SMILES string of the molecule is COCC(=O)N(CC1(N2CCN(Cc3ccccc3)CC2)CCOCC1)c1ccccc1. The second-order valence-electron chi connectivity index (χ2n) is 8.83. The highest BCUT2D eigenvalue weighted by Gasteiger charge is 2.42. The number of piperazine rings is 1. The number of rotatable bonds is 8. The maximum Gasteiger partial charge on any atom is 0.253 e. The lowest BCUT2D eigenvalue weighted by atomic mass is 9.86. The van der Waals surface area contributed by atoms with Crippen molar-refractivity contribution < 1.29 is 14.3 Å². The van der Waals surface area contributed by atoms with E-state index in [1.54, 1.807) is 7.11 Å². The van der Waals surface area contributed by atoms with Gasteiger partial charge in [0.25, 0.3) is 5.91 Å². The van der Waals surface area contributed by atoms with Gasteiger partial charge in [0, 0.05) is 70.8 Å². The van der Waals surface area contributed by atoms with Gasteiger partial charge in [-0.15, -0.1) is 0 Å². The number of methoxy groups -OCH3 is 1. The molecule has 2 aliphatic heterocycles. The number of carbonyl (C=O) groups is 1. The lowest BCUT2D eigenvalue weighted by Gasteiger charge is -2.51. The Hall–Kier alpha value is -2.25. The third-order valence-electron chi connectivity index (χ3n) is 6.80. The van der Waals surface area contributed by atoms with Crippen LogP contribution in [0.5, 0.6) is 0 Å². The second-order valence-corrected chi connectivity index (χ2v) is 8.83. The summed E-state index contributed by atoms with van der Waals surface area (Å²) in [5.74, 6) is 0.00674. The standard InChI is InChI=1S/C26H35N3O3/c1-31-21-25(30)29(24-10-6-3-7-11-24)22-26(12-18-32-19-13-26)28-16-14-27(15-17-28)20-23-8-4-2-5-9-23/h2-11H,12-22H2,1H3. The fourth-order valence-corrected chi connectivity index (χ4v) is 4.97. The molecule has 2 saturated heterocycles. The van der Waals surface area contributed by atoms with Gasteiger partial charge in [-0.2, -0.15) is 0 Å². The normalized spacial score (nSPS) is 19.5. The molecule has 0 aromatic heterocycles. The van der Waals surface area contributed by atoms with Gasteiger partial charge in [-0.05, 0) is 30.5 Å². The summed E-state index contributed by atoms with van der Waals surface area (Å²) in [5.41, 5.74) is 2.22. The first-order valence-electron chi connectivity index (χ1n) is 11.6. The van der Waals surface area contributed by atoms with Crippen LogP contribution >= 0.6 is 0 Å². The summed E-state index contributed by atoms with van der Waals surface area (Å²) in [6.07, 6.45) is 1.88. The average molecular weight is 438 g/mol. The smallest absolute Gasteiger partial charge is 0.253 e. The summed E-state index contributed by atoms with van der Waals surface area (Å²) in [6, 6.07) is 20.7. The van der Waals surface area contributed by atoms with Crippen molar-refractivity contribution in [2.75, 3.05) is 64.6 Å². The number of benzene rings is 2. The van der Waals surface area contributed by atoms with Crippen LogP contribution in [0.15, 0.2) is 60.7 Å². The quantitative estimate of drug-likeness (QED) is 0.635. The Balaban J connectivity index is 1.48. The Bertz CT molecular complexity index is 832. The number of para-hydroxylation sites is 1. The molecular formula is C26H35N3O3. The van der Waals surface area contributed by atoms with E-state index in [9.17, 15) is 4.79 Å². The zero-order valence-electron chi connectivity index (χ0n) is 19.1. The molecule has 2 aliphatic rings. The van der Waals surface area contributed by atoms with Crippen molar-refractivity contribution >= 4 is 11.6 Å². The Kier molecular flexibility index (Phi) is 7.92. The van der Waals surface area contributed by atoms with Gasteiger partial charge in [-0.25, -0.2) is 0 Å². The van der Waals surface area contributed by atoms with Crippen LogP contribution in [-0.2, 0) is 20.8 Å². The average Bonchev–Trinajstić information content (AvgIpc) is 2.85. The Morgan fingerprint density at radius 2 is 1.59 bits per heavy atom. The maximum absolute atomic E-state index is 13.0. The molecule has 0 N–H and O–H groups in total. The lowest BCUT2D eigenvalue weighted by molar-refractivity contribution is -0.123. The van der Waals surface area contributed by atoms with Crippen LogP contribution in [0.3, 0.4) is 0 Å². The van der Waals surface area contributed by atoms with E-state index in [4.69, 9.17) is 9.47 Å². The zero-order valence-corrected chi connectivity index (χ0v) is 19.1. The number of carbonyl (C=O) groups excluding carboxylic acids is 1. The molecular weight excluding hydrogens is 402 g/mol. The first-order chi connectivity index (χ1) is 15.7. The number of hydrogen-bond donors (Lipinski definition) is 0. The molecule has 0 radical (unpaired) electrons. The summed E-state index contributed by atoms with van der Waals surface area (Å²) < 4.78 is 11.0. The van der Waals surface area contributed by atoms with Crippen LogP contribution in [0.2, 0.25) is 0 Å². The molecule has 0 atom stereocenters. The predicted molar refractivity (Wildman–Crippen MR) is 127 cm³/mol. The third-order valence-corrected chi connectivity index (χ3v) is 6.80. The van der Waals surface area contributed by atoms with Crippen molar-refractivity contribution in [1.82, 2.24) is 9.80 Å². The van der Waals surface area contributed by atoms with Crippen molar-refractivity contribution in [3.05, 3.63) is 66.2 Å². The highest BCUT2D eigenvalue weighted by molar-refractivity contribution is 5.94. The van der Waals surface area contributed by atoms with E-state index in [-0.39, 0.29) is 18.1 Å². The fraction of sp³-hybridized carbons (Fsp3) is 0.500. The Morgan fingerprint density at radius 3 is 2.22 bits per heavy atom. The molecule has 172 valence electrons. The molecule has 0 spiro atoms. The van der Waals surface area contributed by atoms with Crippen LogP contribution in [0.4, 0.5) is 5.69 Å². The summed E-state index contributed by atoms with van der Waals surface area (Å²) in [4.78, 5) is 20.1. The fourth-order valence-electron chi connectivity index (χ4n) is 4.97. The van der Waals surface area contributed by atoms with Crippen LogP contribution in [0.25, 0.3) is 0 Å². The minimum Gasteiger partial charge on any atom is -0.381 e. The van der Waals surface area contributed by atoms with Crippen LogP contribution in [0.1, 0.15) is 18.4 Å². The molecule has 6 nitrogen and oxygen atoms in total. The Labute approximate surface area is 191 Å². The van der Waals surface area contributed by atoms with E-state index in [0.29, 0.717) is 6.54 Å². The number of hydrogen-bond acceptors (Lipinski definition) is 5. The van der Waals surface area contributed by atoms with E-state index in [1.165, 1.54) is 5.56 Å². The zero-order chi connectivity index (χ0) is 22.2. The van der Waals surface area contributed by atoms with Crippen LogP contribution < -0.4 is 4.90 Å². The van der Waals surface area contributed by atoms with Crippen molar-refractivity contribution in [1.29, 1.82) is 0 Å². The van der Waals surface area contributed by atoms with Crippen molar-refractivity contribution in [3.8, 4) is 0 Å². The second kappa shape index (κ2) is 11.1. The molecule has 32 heavy (non-hydrogen) atoms. The van der Waals surface area contributed by atoms with Gasteiger partial charge in [0.05, 0.1) is 0 Å². The van der Waals surface area contributed by atoms with Gasteiger partial charge in [0.15, 0.2) is 0 Å². The molecule has 2 fully saturated rings. The number of nitrogens with zero attached hydrogens (tertiary/aromatic N) is 3. The number of anilines is 1. The van der Waals surface area contributed by atoms with E-state index in [2.05, 4.69) is 40.1 Å². The van der Waals surface area contributed by atoms with Crippen molar-refractivity contribution in [2.45, 2.75) is 24.9 Å². The Morgan fingerprint density at radius 1 is 0.969 bits per heavy atom. The van der Waals surface area contributed by atoms with Crippen molar-refractivity contribution in [2.24, 2.45) is 0 Å². The van der Waals surface area contributed by atoms with Gasteiger partial charge in [-0.1, -0.05) is 48.5 Å².